The molecule has 0 saturated carbocycles. The smallest absolute Gasteiger partial charge is 0.254 e. The third-order valence-electron chi connectivity index (χ3n) is 7.17. The van der Waals surface area contributed by atoms with E-state index in [4.69, 9.17) is 4.74 Å². The van der Waals surface area contributed by atoms with E-state index in [0.29, 0.717) is 32.7 Å². The van der Waals surface area contributed by atoms with Crippen molar-refractivity contribution in [3.63, 3.8) is 0 Å². The van der Waals surface area contributed by atoms with E-state index in [1.807, 2.05) is 26.6 Å². The first-order valence-electron chi connectivity index (χ1n) is 10.9. The van der Waals surface area contributed by atoms with Gasteiger partial charge in [-0.05, 0) is 53.2 Å². The summed E-state index contributed by atoms with van der Waals surface area (Å²) >= 11 is 1.57. The van der Waals surface area contributed by atoms with E-state index in [1.165, 1.54) is 11.1 Å². The van der Waals surface area contributed by atoms with E-state index in [-0.39, 0.29) is 23.1 Å². The van der Waals surface area contributed by atoms with Crippen LogP contribution >= 0.6 is 11.3 Å². The molecule has 2 amide bonds. The Morgan fingerprint density at radius 3 is 2.53 bits per heavy atom. The molecule has 2 aliphatic heterocycles. The fourth-order valence-corrected chi connectivity index (χ4v) is 6.17. The number of piperidine rings is 1. The lowest BCUT2D eigenvalue weighted by Gasteiger charge is -2.40. The van der Waals surface area contributed by atoms with Gasteiger partial charge in [-0.3, -0.25) is 9.59 Å². The summed E-state index contributed by atoms with van der Waals surface area (Å²) in [6.45, 7) is 4.27. The highest BCUT2D eigenvalue weighted by atomic mass is 32.1. The molecule has 2 fully saturated rings. The first kappa shape index (κ1) is 19.8. The molecule has 1 spiro atoms. The SMILES string of the molecule is O=C(C[C@@H]1CC2(CCN(C(=O)c3ccsc3)CC2)c2ccccc21)N1CCOCC1. The van der Waals surface area contributed by atoms with Crippen molar-refractivity contribution in [2.24, 2.45) is 0 Å². The Labute approximate surface area is 181 Å². The largest absolute Gasteiger partial charge is 0.378 e. The highest BCUT2D eigenvalue weighted by Crippen LogP contribution is 2.52. The predicted molar refractivity (Wildman–Crippen MR) is 117 cm³/mol. The maximum Gasteiger partial charge on any atom is 0.254 e. The average molecular weight is 425 g/mol. The van der Waals surface area contributed by atoms with Crippen molar-refractivity contribution in [1.82, 2.24) is 9.80 Å². The Hall–Kier alpha value is -2.18. The van der Waals surface area contributed by atoms with Crippen molar-refractivity contribution in [3.8, 4) is 0 Å². The molecule has 3 heterocycles. The van der Waals surface area contributed by atoms with Gasteiger partial charge in [0.25, 0.3) is 5.91 Å². The Morgan fingerprint density at radius 1 is 1.03 bits per heavy atom. The van der Waals surface area contributed by atoms with Crippen molar-refractivity contribution in [2.75, 3.05) is 39.4 Å². The minimum Gasteiger partial charge on any atom is -0.378 e. The van der Waals surface area contributed by atoms with Crippen molar-refractivity contribution in [3.05, 3.63) is 57.8 Å². The first-order chi connectivity index (χ1) is 14.7. The lowest BCUT2D eigenvalue weighted by molar-refractivity contribution is -0.135. The number of benzene rings is 1. The zero-order valence-electron chi connectivity index (χ0n) is 17.2. The van der Waals surface area contributed by atoms with Crippen LogP contribution in [0.3, 0.4) is 0 Å². The summed E-state index contributed by atoms with van der Waals surface area (Å²) in [7, 11) is 0. The number of hydrogen-bond donors (Lipinski definition) is 0. The van der Waals surface area contributed by atoms with Gasteiger partial charge in [-0.15, -0.1) is 0 Å². The highest BCUT2D eigenvalue weighted by Gasteiger charge is 2.46. The number of carbonyl (C=O) groups is 2. The molecule has 0 unspecified atom stereocenters. The van der Waals surface area contributed by atoms with E-state index in [0.717, 1.165) is 37.9 Å². The monoisotopic (exact) mass is 424 g/mol. The van der Waals surface area contributed by atoms with E-state index in [2.05, 4.69) is 24.3 Å². The molecular formula is C24H28N2O3S. The second kappa shape index (κ2) is 8.16. The van der Waals surface area contributed by atoms with Crippen molar-refractivity contribution >= 4 is 23.2 Å². The molecule has 0 bridgehead atoms. The molecule has 5 nitrogen and oxygen atoms in total. The van der Waals surface area contributed by atoms with Crippen molar-refractivity contribution in [2.45, 2.75) is 37.0 Å². The van der Waals surface area contributed by atoms with Gasteiger partial charge in [-0.2, -0.15) is 11.3 Å². The standard InChI is InChI=1S/C24H28N2O3S/c27-22(25-10-12-29-13-11-25)15-19-16-24(21-4-2-1-3-20(19)21)6-8-26(9-7-24)23(28)18-5-14-30-17-18/h1-5,14,17,19H,6-13,15-16H2/t19-/m1/s1. The van der Waals surface area contributed by atoms with Crippen LogP contribution in [-0.4, -0.2) is 61.0 Å². The number of rotatable bonds is 3. The topological polar surface area (TPSA) is 49.9 Å². The zero-order valence-corrected chi connectivity index (χ0v) is 18.0. The maximum absolute atomic E-state index is 12.9. The number of morpholine rings is 1. The second-order valence-electron chi connectivity index (χ2n) is 8.77. The summed E-state index contributed by atoms with van der Waals surface area (Å²) in [5, 5.41) is 3.90. The summed E-state index contributed by atoms with van der Waals surface area (Å²) in [5.41, 5.74) is 3.65. The quantitative estimate of drug-likeness (QED) is 0.756. The van der Waals surface area contributed by atoms with E-state index in [1.54, 1.807) is 11.3 Å². The summed E-state index contributed by atoms with van der Waals surface area (Å²) in [6, 6.07) is 10.6. The normalized spacial score (nSPS) is 22.9. The number of carbonyl (C=O) groups excluding carboxylic acids is 2. The third-order valence-corrected chi connectivity index (χ3v) is 7.85. The molecule has 30 heavy (non-hydrogen) atoms. The average Bonchev–Trinajstić information content (AvgIpc) is 3.43. The van der Waals surface area contributed by atoms with Crippen LogP contribution < -0.4 is 0 Å². The Kier molecular flexibility index (Phi) is 5.37. The van der Waals surface area contributed by atoms with Crippen LogP contribution in [0.2, 0.25) is 0 Å². The van der Waals surface area contributed by atoms with Crippen LogP contribution in [0.4, 0.5) is 0 Å². The minimum absolute atomic E-state index is 0.0952. The molecule has 1 aromatic heterocycles. The van der Waals surface area contributed by atoms with Crippen LogP contribution in [0.15, 0.2) is 41.1 Å². The molecule has 1 atom stereocenters. The third kappa shape index (κ3) is 3.56. The number of hydrogen-bond acceptors (Lipinski definition) is 4. The van der Waals surface area contributed by atoms with Gasteiger partial charge in [-0.1, -0.05) is 24.3 Å². The lowest BCUT2D eigenvalue weighted by Crippen LogP contribution is -2.44. The van der Waals surface area contributed by atoms with Gasteiger partial charge in [0.2, 0.25) is 5.91 Å². The molecule has 2 saturated heterocycles. The molecule has 2 aromatic rings. The zero-order chi connectivity index (χ0) is 20.6. The lowest BCUT2D eigenvalue weighted by atomic mass is 9.73. The van der Waals surface area contributed by atoms with Gasteiger partial charge < -0.3 is 14.5 Å². The van der Waals surface area contributed by atoms with E-state index >= 15 is 0 Å². The van der Waals surface area contributed by atoms with E-state index in [9.17, 15) is 9.59 Å². The first-order valence-corrected chi connectivity index (χ1v) is 11.9. The second-order valence-corrected chi connectivity index (χ2v) is 9.55. The number of fused-ring (bicyclic) bond motifs is 2. The Bertz CT molecular complexity index is 912. The van der Waals surface area contributed by atoms with Crippen LogP contribution in [0.5, 0.6) is 0 Å². The van der Waals surface area contributed by atoms with Gasteiger partial charge in [0.15, 0.2) is 0 Å². The fourth-order valence-electron chi connectivity index (χ4n) is 5.54. The number of likely N-dealkylation sites (tertiary alicyclic amines) is 1. The van der Waals surface area contributed by atoms with Gasteiger partial charge in [-0.25, -0.2) is 0 Å². The molecule has 0 N–H and O–H groups in total. The molecule has 158 valence electrons. The number of thiophene rings is 1. The number of ether oxygens (including phenoxy) is 1. The predicted octanol–water partition coefficient (Wildman–Crippen LogP) is 3.66. The number of nitrogens with zero attached hydrogens (tertiary/aromatic N) is 2. The van der Waals surface area contributed by atoms with Gasteiger partial charge >= 0.3 is 0 Å². The van der Waals surface area contributed by atoms with Crippen LogP contribution in [0.25, 0.3) is 0 Å². The Morgan fingerprint density at radius 2 is 1.80 bits per heavy atom. The fraction of sp³-hybridized carbons (Fsp3) is 0.500. The van der Waals surface area contributed by atoms with Crippen LogP contribution in [0.1, 0.15) is 53.1 Å². The molecule has 6 heteroatoms. The van der Waals surface area contributed by atoms with Gasteiger partial charge in [0.1, 0.15) is 0 Å². The van der Waals surface area contributed by atoms with Gasteiger partial charge in [0.05, 0.1) is 18.8 Å². The van der Waals surface area contributed by atoms with Crippen molar-refractivity contribution in [1.29, 1.82) is 0 Å². The van der Waals surface area contributed by atoms with Crippen molar-refractivity contribution < 1.29 is 14.3 Å². The molecular weight excluding hydrogens is 396 g/mol. The molecule has 3 aliphatic rings. The van der Waals surface area contributed by atoms with Crippen LogP contribution in [-0.2, 0) is 14.9 Å². The van der Waals surface area contributed by atoms with Crippen LogP contribution in [0, 0.1) is 0 Å². The van der Waals surface area contributed by atoms with Gasteiger partial charge in [0, 0.05) is 38.0 Å². The summed E-state index contributed by atoms with van der Waals surface area (Å²) in [5.74, 6) is 0.673. The summed E-state index contributed by atoms with van der Waals surface area (Å²) < 4.78 is 5.40. The summed E-state index contributed by atoms with van der Waals surface area (Å²) in [6.07, 6.45) is 3.55. The van der Waals surface area contributed by atoms with E-state index < -0.39 is 0 Å². The highest BCUT2D eigenvalue weighted by molar-refractivity contribution is 7.08. The Balaban J connectivity index is 1.31. The molecule has 0 radical (unpaired) electrons. The minimum atomic E-state index is 0.0952. The molecule has 1 aromatic carbocycles. The number of amides is 2. The molecule has 5 rings (SSSR count). The molecule has 1 aliphatic carbocycles. The summed E-state index contributed by atoms with van der Waals surface area (Å²) in [4.78, 5) is 29.7. The maximum atomic E-state index is 12.9.